The summed E-state index contributed by atoms with van der Waals surface area (Å²) in [4.78, 5) is 3.17. The Labute approximate surface area is 66.1 Å². The average Bonchev–Trinajstić information content (AvgIpc) is 2.50. The third-order valence-corrected chi connectivity index (χ3v) is 1.97. The van der Waals surface area contributed by atoms with Crippen LogP contribution in [0, 0.1) is 6.07 Å². The topological polar surface area (TPSA) is 15.8 Å². The van der Waals surface area contributed by atoms with Gasteiger partial charge in [-0.15, -0.1) is 0 Å². The SMILES string of the molecule is CCc1[c]ccc2[nH]ccc12. The summed E-state index contributed by atoms with van der Waals surface area (Å²) < 4.78 is 0. The largest absolute Gasteiger partial charge is 0.361 e. The van der Waals surface area contributed by atoms with E-state index in [9.17, 15) is 0 Å². The van der Waals surface area contributed by atoms with E-state index in [1.807, 2.05) is 12.3 Å². The Hall–Kier alpha value is -1.24. The number of aromatic nitrogens is 1. The van der Waals surface area contributed by atoms with Gasteiger partial charge in [0, 0.05) is 17.1 Å². The van der Waals surface area contributed by atoms with E-state index in [2.05, 4.69) is 30.1 Å². The molecule has 1 radical (unpaired) electrons. The van der Waals surface area contributed by atoms with Crippen LogP contribution in [-0.4, -0.2) is 4.98 Å². The molecule has 1 heteroatoms. The van der Waals surface area contributed by atoms with Crippen LogP contribution < -0.4 is 0 Å². The summed E-state index contributed by atoms with van der Waals surface area (Å²) in [5.74, 6) is 0. The Morgan fingerprint density at radius 3 is 3.18 bits per heavy atom. The minimum atomic E-state index is 1.05. The first-order valence-electron chi connectivity index (χ1n) is 3.88. The van der Waals surface area contributed by atoms with Crippen molar-refractivity contribution in [3.63, 3.8) is 0 Å². The van der Waals surface area contributed by atoms with Crippen molar-refractivity contribution < 1.29 is 0 Å². The number of aryl methyl sites for hydroxylation is 1. The first kappa shape index (κ1) is 6.47. The number of aromatic amines is 1. The molecular weight excluding hydrogens is 134 g/mol. The van der Waals surface area contributed by atoms with Gasteiger partial charge in [-0.3, -0.25) is 0 Å². The van der Waals surface area contributed by atoms with Gasteiger partial charge >= 0.3 is 0 Å². The number of fused-ring (bicyclic) bond motifs is 1. The zero-order valence-electron chi connectivity index (χ0n) is 6.52. The molecule has 0 aliphatic rings. The van der Waals surface area contributed by atoms with Crippen LogP contribution in [-0.2, 0) is 6.42 Å². The maximum absolute atomic E-state index is 3.23. The number of rotatable bonds is 1. The quantitative estimate of drug-likeness (QED) is 0.633. The molecule has 1 aromatic heterocycles. The van der Waals surface area contributed by atoms with Crippen LogP contribution in [0.5, 0.6) is 0 Å². The Balaban J connectivity index is 2.79. The molecule has 0 fully saturated rings. The fraction of sp³-hybridized carbons (Fsp3) is 0.200. The van der Waals surface area contributed by atoms with E-state index in [4.69, 9.17) is 0 Å². The number of hydrogen-bond donors (Lipinski definition) is 1. The molecule has 0 atom stereocenters. The molecule has 1 nitrogen and oxygen atoms in total. The second kappa shape index (κ2) is 2.42. The lowest BCUT2D eigenvalue weighted by atomic mass is 10.1. The molecule has 0 spiro atoms. The molecule has 55 valence electrons. The highest BCUT2D eigenvalue weighted by Crippen LogP contribution is 2.16. The Bertz CT molecular complexity index is 360. The van der Waals surface area contributed by atoms with Crippen molar-refractivity contribution in [3.8, 4) is 0 Å². The monoisotopic (exact) mass is 144 g/mol. The van der Waals surface area contributed by atoms with E-state index < -0.39 is 0 Å². The minimum Gasteiger partial charge on any atom is -0.361 e. The lowest BCUT2D eigenvalue weighted by Crippen LogP contribution is -1.79. The van der Waals surface area contributed by atoms with Gasteiger partial charge in [0.05, 0.1) is 0 Å². The van der Waals surface area contributed by atoms with Crippen molar-refractivity contribution in [2.45, 2.75) is 13.3 Å². The molecule has 0 aliphatic heterocycles. The van der Waals surface area contributed by atoms with E-state index in [0.717, 1.165) is 6.42 Å². The summed E-state index contributed by atoms with van der Waals surface area (Å²) in [7, 11) is 0. The third-order valence-electron chi connectivity index (χ3n) is 1.97. The second-order valence-corrected chi connectivity index (χ2v) is 2.61. The molecule has 1 heterocycles. The molecule has 1 N–H and O–H groups in total. The molecule has 0 saturated heterocycles. The zero-order chi connectivity index (χ0) is 7.68. The standard InChI is InChI=1S/C10H10N/c1-2-8-4-3-5-10-9(8)6-7-11-10/h3,5-7,11H,2H2,1H3. The van der Waals surface area contributed by atoms with Gasteiger partial charge in [-0.1, -0.05) is 13.0 Å². The van der Waals surface area contributed by atoms with Gasteiger partial charge in [-0.2, -0.15) is 0 Å². The van der Waals surface area contributed by atoms with Crippen molar-refractivity contribution >= 4 is 10.9 Å². The van der Waals surface area contributed by atoms with E-state index in [1.165, 1.54) is 16.5 Å². The molecule has 2 rings (SSSR count). The van der Waals surface area contributed by atoms with Crippen LogP contribution in [0.25, 0.3) is 10.9 Å². The highest BCUT2D eigenvalue weighted by molar-refractivity contribution is 5.82. The highest BCUT2D eigenvalue weighted by Gasteiger charge is 1.97. The van der Waals surface area contributed by atoms with Crippen LogP contribution in [0.2, 0.25) is 0 Å². The minimum absolute atomic E-state index is 1.05. The summed E-state index contributed by atoms with van der Waals surface area (Å²) in [6.45, 7) is 2.15. The molecule has 0 unspecified atom stereocenters. The van der Waals surface area contributed by atoms with Crippen LogP contribution in [0.4, 0.5) is 0 Å². The fourth-order valence-electron chi connectivity index (χ4n) is 1.38. The zero-order valence-corrected chi connectivity index (χ0v) is 6.52. The summed E-state index contributed by atoms with van der Waals surface area (Å²) in [5, 5.41) is 1.30. The van der Waals surface area contributed by atoms with Gasteiger partial charge < -0.3 is 4.98 Å². The van der Waals surface area contributed by atoms with Crippen molar-refractivity contribution in [2.24, 2.45) is 0 Å². The normalized spacial score (nSPS) is 10.6. The number of hydrogen-bond acceptors (Lipinski definition) is 0. The molecule has 0 amide bonds. The lowest BCUT2D eigenvalue weighted by Gasteiger charge is -1.96. The Morgan fingerprint density at radius 1 is 1.45 bits per heavy atom. The fourth-order valence-corrected chi connectivity index (χ4v) is 1.38. The summed E-state index contributed by atoms with van der Waals surface area (Å²) in [6, 6.07) is 9.35. The predicted molar refractivity (Wildman–Crippen MR) is 46.5 cm³/mol. The second-order valence-electron chi connectivity index (χ2n) is 2.61. The van der Waals surface area contributed by atoms with E-state index in [-0.39, 0.29) is 0 Å². The molecule has 2 aromatic rings. The Kier molecular flexibility index (Phi) is 1.42. The van der Waals surface area contributed by atoms with Gasteiger partial charge in [0.2, 0.25) is 0 Å². The lowest BCUT2D eigenvalue weighted by molar-refractivity contribution is 1.16. The summed E-state index contributed by atoms with van der Waals surface area (Å²) in [6.07, 6.45) is 3.02. The van der Waals surface area contributed by atoms with Gasteiger partial charge in [0.15, 0.2) is 0 Å². The third kappa shape index (κ3) is 0.929. The average molecular weight is 144 g/mol. The van der Waals surface area contributed by atoms with Crippen LogP contribution >= 0.6 is 0 Å². The van der Waals surface area contributed by atoms with Crippen molar-refractivity contribution in [2.75, 3.05) is 0 Å². The van der Waals surface area contributed by atoms with Gasteiger partial charge in [-0.25, -0.2) is 0 Å². The van der Waals surface area contributed by atoms with E-state index in [1.54, 1.807) is 0 Å². The van der Waals surface area contributed by atoms with Gasteiger partial charge in [0.1, 0.15) is 0 Å². The number of benzene rings is 1. The number of nitrogens with one attached hydrogen (secondary N) is 1. The van der Waals surface area contributed by atoms with Crippen LogP contribution in [0.3, 0.4) is 0 Å². The number of H-pyrrole nitrogens is 1. The predicted octanol–water partition coefficient (Wildman–Crippen LogP) is 2.53. The van der Waals surface area contributed by atoms with Crippen LogP contribution in [0.1, 0.15) is 12.5 Å². The first-order chi connectivity index (χ1) is 5.42. The summed E-state index contributed by atoms with van der Waals surface area (Å²) >= 11 is 0. The van der Waals surface area contributed by atoms with E-state index >= 15 is 0 Å². The first-order valence-corrected chi connectivity index (χ1v) is 3.88. The van der Waals surface area contributed by atoms with Crippen molar-refractivity contribution in [3.05, 3.63) is 36.0 Å². The van der Waals surface area contributed by atoms with Crippen LogP contribution in [0.15, 0.2) is 24.4 Å². The molecule has 1 aromatic carbocycles. The molecular formula is C10H10N. The molecule has 11 heavy (non-hydrogen) atoms. The molecule has 0 saturated carbocycles. The molecule has 0 aliphatic carbocycles. The highest BCUT2D eigenvalue weighted by atomic mass is 14.7. The maximum atomic E-state index is 3.23. The smallest absolute Gasteiger partial charge is 0.0457 e. The summed E-state index contributed by atoms with van der Waals surface area (Å²) in [5.41, 5.74) is 2.50. The van der Waals surface area contributed by atoms with Crippen molar-refractivity contribution in [1.29, 1.82) is 0 Å². The van der Waals surface area contributed by atoms with Crippen molar-refractivity contribution in [1.82, 2.24) is 4.98 Å². The Morgan fingerprint density at radius 2 is 2.36 bits per heavy atom. The van der Waals surface area contributed by atoms with E-state index in [0.29, 0.717) is 0 Å². The maximum Gasteiger partial charge on any atom is 0.0457 e. The van der Waals surface area contributed by atoms with Gasteiger partial charge in [0.25, 0.3) is 0 Å². The molecule has 0 bridgehead atoms. The van der Waals surface area contributed by atoms with Gasteiger partial charge in [-0.05, 0) is 30.2 Å².